The van der Waals surface area contributed by atoms with Crippen molar-refractivity contribution >= 4 is 39.3 Å². The fourth-order valence-corrected chi connectivity index (χ4v) is 5.34. The number of hydrogen-bond donors (Lipinski definition) is 1. The first kappa shape index (κ1) is 25.5. The van der Waals surface area contributed by atoms with E-state index >= 15 is 0 Å². The highest BCUT2D eigenvalue weighted by Gasteiger charge is 2.32. The molecule has 0 bridgehead atoms. The number of hydrogen-bond acceptors (Lipinski definition) is 2. The van der Waals surface area contributed by atoms with Crippen LogP contribution >= 0.6 is 27.5 Å². The molecule has 1 atom stereocenters. The molecule has 35 heavy (non-hydrogen) atoms. The van der Waals surface area contributed by atoms with Gasteiger partial charge in [0.1, 0.15) is 6.04 Å². The summed E-state index contributed by atoms with van der Waals surface area (Å²) in [5.41, 5.74) is 2.82. The summed E-state index contributed by atoms with van der Waals surface area (Å²) in [5.74, 6) is -0.190. The Bertz CT molecular complexity index is 1150. The summed E-state index contributed by atoms with van der Waals surface area (Å²) in [7, 11) is 0. The van der Waals surface area contributed by atoms with Crippen molar-refractivity contribution in [1.82, 2.24) is 10.2 Å². The van der Waals surface area contributed by atoms with E-state index in [-0.39, 0.29) is 24.3 Å². The van der Waals surface area contributed by atoms with E-state index in [9.17, 15) is 9.59 Å². The molecule has 0 spiro atoms. The van der Waals surface area contributed by atoms with Crippen LogP contribution in [0.25, 0.3) is 0 Å². The third kappa shape index (κ3) is 7.42. The molecule has 1 aliphatic carbocycles. The van der Waals surface area contributed by atoms with Crippen LogP contribution in [0.15, 0.2) is 83.3 Å². The Labute approximate surface area is 220 Å². The Morgan fingerprint density at radius 2 is 1.60 bits per heavy atom. The van der Waals surface area contributed by atoms with E-state index < -0.39 is 6.04 Å². The van der Waals surface area contributed by atoms with Gasteiger partial charge in [-0.25, -0.2) is 0 Å². The summed E-state index contributed by atoms with van der Waals surface area (Å²) >= 11 is 9.71. The first-order valence-corrected chi connectivity index (χ1v) is 13.3. The summed E-state index contributed by atoms with van der Waals surface area (Å²) in [5, 5.41) is 3.83. The van der Waals surface area contributed by atoms with Crippen LogP contribution in [0.4, 0.5) is 0 Å². The number of carbonyl (C=O) groups is 2. The fourth-order valence-electron chi connectivity index (χ4n) is 4.68. The van der Waals surface area contributed by atoms with E-state index in [1.54, 1.807) is 11.0 Å². The van der Waals surface area contributed by atoms with Crippen LogP contribution in [0.1, 0.15) is 42.4 Å². The quantitative estimate of drug-likeness (QED) is 0.336. The molecule has 1 fully saturated rings. The molecule has 4 nitrogen and oxygen atoms in total. The molecule has 0 unspecified atom stereocenters. The average molecular weight is 554 g/mol. The Balaban J connectivity index is 1.66. The van der Waals surface area contributed by atoms with E-state index in [1.165, 1.54) is 0 Å². The largest absolute Gasteiger partial charge is 0.352 e. The molecule has 3 aromatic carbocycles. The number of benzene rings is 3. The Hall–Kier alpha value is -2.63. The molecule has 1 aliphatic rings. The van der Waals surface area contributed by atoms with Gasteiger partial charge in [-0.05, 0) is 53.8 Å². The summed E-state index contributed by atoms with van der Waals surface area (Å²) in [6.45, 7) is 0.342. The van der Waals surface area contributed by atoms with Gasteiger partial charge in [-0.1, -0.05) is 95.0 Å². The summed E-state index contributed by atoms with van der Waals surface area (Å²) < 4.78 is 0.937. The van der Waals surface area contributed by atoms with Crippen LogP contribution in [0.3, 0.4) is 0 Å². The number of nitrogens with zero attached hydrogens (tertiary/aromatic N) is 1. The van der Waals surface area contributed by atoms with Crippen LogP contribution in [0.5, 0.6) is 0 Å². The lowest BCUT2D eigenvalue weighted by atomic mass is 10.0. The van der Waals surface area contributed by atoms with Gasteiger partial charge < -0.3 is 10.2 Å². The van der Waals surface area contributed by atoms with Gasteiger partial charge in [0.15, 0.2) is 0 Å². The summed E-state index contributed by atoms with van der Waals surface area (Å²) in [4.78, 5) is 29.2. The fraction of sp³-hybridized carbons (Fsp3) is 0.310. The zero-order valence-electron chi connectivity index (χ0n) is 19.6. The van der Waals surface area contributed by atoms with Gasteiger partial charge in [-0.3, -0.25) is 9.59 Å². The molecule has 0 heterocycles. The minimum absolute atomic E-state index is 0.0878. The maximum atomic E-state index is 13.8. The van der Waals surface area contributed by atoms with Gasteiger partial charge in [0, 0.05) is 28.5 Å². The molecule has 4 rings (SSSR count). The van der Waals surface area contributed by atoms with Gasteiger partial charge >= 0.3 is 0 Å². The highest BCUT2D eigenvalue weighted by atomic mass is 79.9. The van der Waals surface area contributed by atoms with E-state index in [0.29, 0.717) is 18.0 Å². The van der Waals surface area contributed by atoms with Crippen LogP contribution in [-0.2, 0) is 29.0 Å². The van der Waals surface area contributed by atoms with Crippen molar-refractivity contribution in [2.75, 3.05) is 0 Å². The van der Waals surface area contributed by atoms with E-state index in [2.05, 4.69) is 21.2 Å². The van der Waals surface area contributed by atoms with Crippen molar-refractivity contribution in [1.29, 1.82) is 0 Å². The highest BCUT2D eigenvalue weighted by Crippen LogP contribution is 2.22. The second kappa shape index (κ2) is 12.4. The zero-order valence-corrected chi connectivity index (χ0v) is 22.0. The number of nitrogens with one attached hydrogen (secondary N) is 1. The summed E-state index contributed by atoms with van der Waals surface area (Å²) in [6, 6.07) is 24.7. The molecule has 182 valence electrons. The molecule has 3 aromatic rings. The van der Waals surface area contributed by atoms with Crippen molar-refractivity contribution in [3.05, 3.63) is 105 Å². The van der Waals surface area contributed by atoms with Crippen molar-refractivity contribution in [3.8, 4) is 0 Å². The SMILES string of the molecule is O=C(NC1CCCC1)[C@@H](Cc1ccccc1)N(Cc1cccc(Br)c1)C(=O)Cc1cccc(Cl)c1. The topological polar surface area (TPSA) is 49.4 Å². The third-order valence-electron chi connectivity index (χ3n) is 6.46. The summed E-state index contributed by atoms with van der Waals surface area (Å²) in [6.07, 6.45) is 4.87. The Morgan fingerprint density at radius 1 is 0.914 bits per heavy atom. The first-order chi connectivity index (χ1) is 17.0. The van der Waals surface area contributed by atoms with Crippen molar-refractivity contribution < 1.29 is 9.59 Å². The standard InChI is InChI=1S/C29H30BrClN2O2/c30-24-12-6-11-23(16-24)20-33(28(34)19-22-10-7-13-25(31)17-22)27(18-21-8-2-1-3-9-21)29(35)32-26-14-4-5-15-26/h1-3,6-13,16-17,26-27H,4-5,14-15,18-20H2,(H,32,35)/t27-/m1/s1. The smallest absolute Gasteiger partial charge is 0.243 e. The molecular weight excluding hydrogens is 524 g/mol. The first-order valence-electron chi connectivity index (χ1n) is 12.1. The molecule has 6 heteroatoms. The zero-order chi connectivity index (χ0) is 24.6. The molecule has 0 radical (unpaired) electrons. The van der Waals surface area contributed by atoms with Crippen LogP contribution < -0.4 is 5.32 Å². The average Bonchev–Trinajstić information content (AvgIpc) is 3.35. The van der Waals surface area contributed by atoms with Crippen LogP contribution in [0, 0.1) is 0 Å². The number of rotatable bonds is 9. The minimum atomic E-state index is -0.622. The maximum Gasteiger partial charge on any atom is 0.243 e. The lowest BCUT2D eigenvalue weighted by Gasteiger charge is -2.32. The van der Waals surface area contributed by atoms with Gasteiger partial charge in [0.2, 0.25) is 11.8 Å². The maximum absolute atomic E-state index is 13.8. The molecular formula is C29H30BrClN2O2. The number of halogens is 2. The van der Waals surface area contributed by atoms with Crippen LogP contribution in [-0.4, -0.2) is 28.8 Å². The molecule has 0 saturated heterocycles. The van der Waals surface area contributed by atoms with Gasteiger partial charge in [-0.2, -0.15) is 0 Å². The lowest BCUT2D eigenvalue weighted by molar-refractivity contribution is -0.141. The monoisotopic (exact) mass is 552 g/mol. The molecule has 1 saturated carbocycles. The van der Waals surface area contributed by atoms with Gasteiger partial charge in [-0.15, -0.1) is 0 Å². The molecule has 0 aliphatic heterocycles. The van der Waals surface area contributed by atoms with Crippen molar-refractivity contribution in [3.63, 3.8) is 0 Å². The van der Waals surface area contributed by atoms with Gasteiger partial charge in [0.05, 0.1) is 6.42 Å². The number of carbonyl (C=O) groups excluding carboxylic acids is 2. The molecule has 2 amide bonds. The Morgan fingerprint density at radius 3 is 2.31 bits per heavy atom. The van der Waals surface area contributed by atoms with E-state index in [0.717, 1.165) is 46.8 Å². The predicted molar refractivity (Wildman–Crippen MR) is 144 cm³/mol. The van der Waals surface area contributed by atoms with Crippen molar-refractivity contribution in [2.24, 2.45) is 0 Å². The number of amides is 2. The third-order valence-corrected chi connectivity index (χ3v) is 7.19. The van der Waals surface area contributed by atoms with Crippen LogP contribution in [0.2, 0.25) is 5.02 Å². The molecule has 0 aromatic heterocycles. The highest BCUT2D eigenvalue weighted by molar-refractivity contribution is 9.10. The van der Waals surface area contributed by atoms with Gasteiger partial charge in [0.25, 0.3) is 0 Å². The predicted octanol–water partition coefficient (Wildman–Crippen LogP) is 6.34. The molecule has 1 N–H and O–H groups in total. The van der Waals surface area contributed by atoms with E-state index in [4.69, 9.17) is 11.6 Å². The second-order valence-electron chi connectivity index (χ2n) is 9.15. The lowest BCUT2D eigenvalue weighted by Crippen LogP contribution is -2.52. The van der Waals surface area contributed by atoms with Crippen molar-refractivity contribution in [2.45, 2.75) is 57.2 Å². The normalized spacial score (nSPS) is 14.5. The van der Waals surface area contributed by atoms with E-state index in [1.807, 2.05) is 72.8 Å². The second-order valence-corrected chi connectivity index (χ2v) is 10.5. The minimum Gasteiger partial charge on any atom is -0.352 e. The Kier molecular flexibility index (Phi) is 9.00.